The standard InChI is InChI=1S/C12H7F3O2/c13-7-3-1-5-6-2-4-8(16)10(15)12(6)17-11(5)9(7)14/h1-4,7,9,16H. The van der Waals surface area contributed by atoms with Gasteiger partial charge in [0.1, 0.15) is 5.76 Å². The van der Waals surface area contributed by atoms with Gasteiger partial charge in [-0.1, -0.05) is 6.08 Å². The van der Waals surface area contributed by atoms with Gasteiger partial charge in [0.2, 0.25) is 5.82 Å². The minimum atomic E-state index is -1.94. The molecule has 0 amide bonds. The van der Waals surface area contributed by atoms with Crippen LogP contribution in [0.2, 0.25) is 0 Å². The zero-order chi connectivity index (χ0) is 12.2. The van der Waals surface area contributed by atoms with Crippen molar-refractivity contribution >= 4 is 17.0 Å². The van der Waals surface area contributed by atoms with Gasteiger partial charge in [-0.3, -0.25) is 0 Å². The Kier molecular flexibility index (Phi) is 1.98. The Bertz CT molecular complexity index is 630. The molecule has 1 aliphatic rings. The smallest absolute Gasteiger partial charge is 0.207 e. The van der Waals surface area contributed by atoms with Gasteiger partial charge in [0, 0.05) is 10.9 Å². The number of alkyl halides is 2. The van der Waals surface area contributed by atoms with Gasteiger partial charge in [0.25, 0.3) is 0 Å². The maximum Gasteiger partial charge on any atom is 0.207 e. The summed E-state index contributed by atoms with van der Waals surface area (Å²) >= 11 is 0. The second kappa shape index (κ2) is 3.29. The first-order valence-electron chi connectivity index (χ1n) is 5.00. The van der Waals surface area contributed by atoms with E-state index in [4.69, 9.17) is 4.42 Å². The van der Waals surface area contributed by atoms with E-state index in [2.05, 4.69) is 0 Å². The number of phenols is 1. The lowest BCUT2D eigenvalue weighted by molar-refractivity contribution is 0.180. The van der Waals surface area contributed by atoms with E-state index in [1.807, 2.05) is 0 Å². The maximum absolute atomic E-state index is 13.5. The summed E-state index contributed by atoms with van der Waals surface area (Å²) in [6.07, 6.45) is -1.31. The van der Waals surface area contributed by atoms with Gasteiger partial charge in [-0.2, -0.15) is 4.39 Å². The van der Waals surface area contributed by atoms with Crippen molar-refractivity contribution in [2.24, 2.45) is 0 Å². The second-order valence-corrected chi connectivity index (χ2v) is 3.86. The first kappa shape index (κ1) is 10.3. The van der Waals surface area contributed by atoms with Crippen LogP contribution in [-0.4, -0.2) is 11.3 Å². The number of furan rings is 1. The first-order valence-corrected chi connectivity index (χ1v) is 5.00. The fraction of sp³-hybridized carbons (Fsp3) is 0.167. The minimum absolute atomic E-state index is 0.237. The highest BCUT2D eigenvalue weighted by atomic mass is 19.2. The number of aromatic hydroxyl groups is 1. The predicted octanol–water partition coefficient (Wildman–Crippen LogP) is 3.65. The summed E-state index contributed by atoms with van der Waals surface area (Å²) in [5.74, 6) is -1.79. The zero-order valence-electron chi connectivity index (χ0n) is 8.45. The summed E-state index contributed by atoms with van der Waals surface area (Å²) < 4.78 is 45.1. The molecular weight excluding hydrogens is 233 g/mol. The normalized spacial score (nSPS) is 23.0. The molecule has 17 heavy (non-hydrogen) atoms. The van der Waals surface area contributed by atoms with Crippen LogP contribution in [0.1, 0.15) is 17.5 Å². The van der Waals surface area contributed by atoms with Crippen LogP contribution in [0.3, 0.4) is 0 Å². The summed E-state index contributed by atoms with van der Waals surface area (Å²) in [6.45, 7) is 0. The Balaban J connectivity index is 2.36. The summed E-state index contributed by atoms with van der Waals surface area (Å²) in [6, 6.07) is 2.56. The zero-order valence-corrected chi connectivity index (χ0v) is 8.45. The number of halogens is 3. The van der Waals surface area contributed by atoms with Crippen LogP contribution in [0.25, 0.3) is 17.0 Å². The molecule has 88 valence electrons. The molecule has 2 atom stereocenters. The molecule has 1 aromatic carbocycles. The molecule has 2 nitrogen and oxygen atoms in total. The molecule has 0 saturated carbocycles. The number of fused-ring (bicyclic) bond motifs is 3. The van der Waals surface area contributed by atoms with E-state index in [9.17, 15) is 18.3 Å². The van der Waals surface area contributed by atoms with E-state index in [-0.39, 0.29) is 11.3 Å². The third kappa shape index (κ3) is 1.28. The largest absolute Gasteiger partial charge is 0.505 e. The van der Waals surface area contributed by atoms with Crippen LogP contribution in [0.5, 0.6) is 5.75 Å². The van der Waals surface area contributed by atoms with E-state index >= 15 is 0 Å². The number of allylic oxidation sites excluding steroid dienone is 1. The molecule has 0 aliphatic heterocycles. The Morgan fingerprint density at radius 2 is 2.00 bits per heavy atom. The van der Waals surface area contributed by atoms with Gasteiger partial charge in [0.05, 0.1) is 0 Å². The Morgan fingerprint density at radius 1 is 1.24 bits per heavy atom. The Morgan fingerprint density at radius 3 is 2.76 bits per heavy atom. The highest BCUT2D eigenvalue weighted by Crippen LogP contribution is 2.41. The number of benzene rings is 1. The van der Waals surface area contributed by atoms with Crippen molar-refractivity contribution in [1.82, 2.24) is 0 Å². The molecule has 1 heterocycles. The van der Waals surface area contributed by atoms with Gasteiger partial charge < -0.3 is 9.52 Å². The molecule has 0 fully saturated rings. The number of hydrogen-bond acceptors (Lipinski definition) is 2. The Hall–Kier alpha value is -1.91. The quantitative estimate of drug-likeness (QED) is 0.762. The van der Waals surface area contributed by atoms with Crippen LogP contribution < -0.4 is 0 Å². The molecule has 0 spiro atoms. The fourth-order valence-corrected chi connectivity index (χ4v) is 1.96. The third-order valence-corrected chi connectivity index (χ3v) is 2.82. The van der Waals surface area contributed by atoms with Gasteiger partial charge in [-0.05, 0) is 18.2 Å². The van der Waals surface area contributed by atoms with Gasteiger partial charge >= 0.3 is 0 Å². The predicted molar refractivity (Wildman–Crippen MR) is 55.6 cm³/mol. The minimum Gasteiger partial charge on any atom is -0.505 e. The molecule has 5 heteroatoms. The van der Waals surface area contributed by atoms with E-state index in [1.165, 1.54) is 12.1 Å². The van der Waals surface area contributed by atoms with Crippen LogP contribution in [0, 0.1) is 5.82 Å². The average Bonchev–Trinajstić information content (AvgIpc) is 2.69. The lowest BCUT2D eigenvalue weighted by Gasteiger charge is -2.12. The van der Waals surface area contributed by atoms with Crippen LogP contribution >= 0.6 is 0 Å². The van der Waals surface area contributed by atoms with Gasteiger partial charge in [0.15, 0.2) is 23.7 Å². The van der Waals surface area contributed by atoms with Crippen molar-refractivity contribution in [2.75, 3.05) is 0 Å². The first-order chi connectivity index (χ1) is 8.09. The molecule has 2 unspecified atom stereocenters. The number of phenolic OH excluding ortho intramolecular Hbond substituents is 1. The van der Waals surface area contributed by atoms with Gasteiger partial charge in [-0.25, -0.2) is 8.78 Å². The monoisotopic (exact) mass is 240 g/mol. The molecule has 0 radical (unpaired) electrons. The second-order valence-electron chi connectivity index (χ2n) is 3.86. The van der Waals surface area contributed by atoms with Crippen molar-refractivity contribution in [3.8, 4) is 5.75 Å². The lowest BCUT2D eigenvalue weighted by Crippen LogP contribution is -2.09. The van der Waals surface area contributed by atoms with Crippen LogP contribution in [0.4, 0.5) is 13.2 Å². The van der Waals surface area contributed by atoms with E-state index < -0.39 is 23.9 Å². The van der Waals surface area contributed by atoms with Gasteiger partial charge in [-0.15, -0.1) is 0 Å². The highest BCUT2D eigenvalue weighted by molar-refractivity contribution is 5.90. The highest BCUT2D eigenvalue weighted by Gasteiger charge is 2.32. The Labute approximate surface area is 94.0 Å². The topological polar surface area (TPSA) is 33.4 Å². The molecule has 0 saturated heterocycles. The summed E-state index contributed by atoms with van der Waals surface area (Å²) in [4.78, 5) is 0. The van der Waals surface area contributed by atoms with Crippen LogP contribution in [0.15, 0.2) is 22.6 Å². The number of hydrogen-bond donors (Lipinski definition) is 1. The molecule has 0 bridgehead atoms. The molecule has 1 N–H and O–H groups in total. The summed E-state index contributed by atoms with van der Waals surface area (Å²) in [5, 5.41) is 9.50. The van der Waals surface area contributed by atoms with Crippen molar-refractivity contribution < 1.29 is 22.7 Å². The summed E-state index contributed by atoms with van der Waals surface area (Å²) in [5.41, 5.74) is 0.0664. The van der Waals surface area contributed by atoms with Crippen molar-refractivity contribution in [3.63, 3.8) is 0 Å². The molecule has 1 aromatic heterocycles. The van der Waals surface area contributed by atoms with Crippen molar-refractivity contribution in [2.45, 2.75) is 12.3 Å². The lowest BCUT2D eigenvalue weighted by atomic mass is 10.00. The fourth-order valence-electron chi connectivity index (χ4n) is 1.96. The molecule has 1 aliphatic carbocycles. The van der Waals surface area contributed by atoms with Crippen molar-refractivity contribution in [3.05, 3.63) is 35.3 Å². The molecule has 2 aromatic rings. The SMILES string of the molecule is Oc1ccc2c3c(oc2c1F)C(F)C(F)C=C3. The summed E-state index contributed by atoms with van der Waals surface area (Å²) in [7, 11) is 0. The van der Waals surface area contributed by atoms with E-state index in [1.54, 1.807) is 0 Å². The number of rotatable bonds is 0. The third-order valence-electron chi connectivity index (χ3n) is 2.82. The molecular formula is C12H7F3O2. The van der Waals surface area contributed by atoms with Crippen LogP contribution in [-0.2, 0) is 0 Å². The molecule has 3 rings (SSSR count). The maximum atomic E-state index is 13.5. The van der Waals surface area contributed by atoms with E-state index in [0.29, 0.717) is 10.9 Å². The van der Waals surface area contributed by atoms with Crippen molar-refractivity contribution in [1.29, 1.82) is 0 Å². The van der Waals surface area contributed by atoms with E-state index in [0.717, 1.165) is 12.1 Å². The average molecular weight is 240 g/mol.